The Balaban J connectivity index is 0. The molecule has 0 aliphatic heterocycles. The van der Waals surface area contributed by atoms with Crippen molar-refractivity contribution in [2.24, 2.45) is 11.1 Å². The SMILES string of the molecule is CCC(CO)(CO)CO.NC(=O)O. The van der Waals surface area contributed by atoms with Crippen LogP contribution < -0.4 is 5.73 Å². The Morgan fingerprint density at radius 2 is 1.46 bits per heavy atom. The highest BCUT2D eigenvalue weighted by atomic mass is 16.4. The first-order chi connectivity index (χ1) is 5.97. The quantitative estimate of drug-likeness (QED) is 0.393. The number of aliphatic hydroxyl groups is 3. The largest absolute Gasteiger partial charge is 0.465 e. The van der Waals surface area contributed by atoms with E-state index in [9.17, 15) is 0 Å². The van der Waals surface area contributed by atoms with Gasteiger partial charge >= 0.3 is 6.09 Å². The van der Waals surface area contributed by atoms with Crippen LogP contribution >= 0.6 is 0 Å². The second-order valence-electron chi connectivity index (χ2n) is 2.67. The Labute approximate surface area is 76.6 Å². The van der Waals surface area contributed by atoms with E-state index in [1.54, 1.807) is 0 Å². The molecule has 6 heteroatoms. The number of nitrogens with two attached hydrogens (primary N) is 1. The molecule has 0 saturated heterocycles. The van der Waals surface area contributed by atoms with Gasteiger partial charge in [0.15, 0.2) is 0 Å². The summed E-state index contributed by atoms with van der Waals surface area (Å²) in [5, 5.41) is 33.2. The Morgan fingerprint density at radius 3 is 1.46 bits per heavy atom. The van der Waals surface area contributed by atoms with Crippen LogP contribution in [0.4, 0.5) is 4.79 Å². The lowest BCUT2D eigenvalue weighted by molar-refractivity contribution is 0.00304. The molecule has 0 bridgehead atoms. The average Bonchev–Trinajstić information content (AvgIpc) is 2.09. The molecule has 0 radical (unpaired) electrons. The van der Waals surface area contributed by atoms with Gasteiger partial charge in [0.2, 0.25) is 0 Å². The summed E-state index contributed by atoms with van der Waals surface area (Å²) in [6.07, 6.45) is -0.740. The molecular formula is C7H17NO5. The summed E-state index contributed by atoms with van der Waals surface area (Å²) < 4.78 is 0. The third-order valence-corrected chi connectivity index (χ3v) is 1.76. The first-order valence-corrected chi connectivity index (χ1v) is 3.79. The van der Waals surface area contributed by atoms with E-state index in [4.69, 9.17) is 25.2 Å². The number of hydrogen-bond donors (Lipinski definition) is 5. The van der Waals surface area contributed by atoms with Gasteiger partial charge in [-0.25, -0.2) is 4.79 Å². The number of aliphatic hydroxyl groups excluding tert-OH is 3. The Hall–Kier alpha value is -0.850. The van der Waals surface area contributed by atoms with Crippen molar-refractivity contribution >= 4 is 6.09 Å². The summed E-state index contributed by atoms with van der Waals surface area (Å²) in [4.78, 5) is 8.78. The van der Waals surface area contributed by atoms with E-state index in [-0.39, 0.29) is 19.8 Å². The van der Waals surface area contributed by atoms with Crippen LogP contribution in [0.2, 0.25) is 0 Å². The summed E-state index contributed by atoms with van der Waals surface area (Å²) in [5.41, 5.74) is 3.36. The zero-order valence-corrected chi connectivity index (χ0v) is 7.60. The lowest BCUT2D eigenvalue weighted by atomic mass is 9.88. The summed E-state index contributed by atoms with van der Waals surface area (Å²) >= 11 is 0. The molecule has 6 N–H and O–H groups in total. The van der Waals surface area contributed by atoms with Crippen molar-refractivity contribution in [2.75, 3.05) is 19.8 Å². The molecule has 0 atom stereocenters. The van der Waals surface area contributed by atoms with E-state index < -0.39 is 11.5 Å². The van der Waals surface area contributed by atoms with Crippen molar-refractivity contribution < 1.29 is 25.2 Å². The second-order valence-corrected chi connectivity index (χ2v) is 2.67. The average molecular weight is 195 g/mol. The van der Waals surface area contributed by atoms with E-state index in [1.807, 2.05) is 6.92 Å². The molecule has 0 aliphatic carbocycles. The molecule has 1 amide bonds. The van der Waals surface area contributed by atoms with E-state index in [2.05, 4.69) is 5.73 Å². The van der Waals surface area contributed by atoms with E-state index in [0.717, 1.165) is 0 Å². The lowest BCUT2D eigenvalue weighted by Gasteiger charge is -2.24. The van der Waals surface area contributed by atoms with Crippen LogP contribution in [0.3, 0.4) is 0 Å². The van der Waals surface area contributed by atoms with Crippen LogP contribution in [0.15, 0.2) is 0 Å². The molecule has 0 unspecified atom stereocenters. The number of primary amides is 1. The number of hydrogen-bond acceptors (Lipinski definition) is 4. The number of amides is 1. The molecule has 0 saturated carbocycles. The van der Waals surface area contributed by atoms with Crippen LogP contribution in [-0.4, -0.2) is 46.3 Å². The normalized spacial score (nSPS) is 10.2. The molecule has 0 aliphatic rings. The van der Waals surface area contributed by atoms with Gasteiger partial charge in [-0.3, -0.25) is 0 Å². The number of carboxylic acid groups (broad SMARTS) is 1. The Kier molecular flexibility index (Phi) is 8.78. The molecule has 0 heterocycles. The highest BCUT2D eigenvalue weighted by Crippen LogP contribution is 2.18. The molecule has 0 aromatic heterocycles. The van der Waals surface area contributed by atoms with Gasteiger partial charge in [0.05, 0.1) is 19.8 Å². The van der Waals surface area contributed by atoms with Gasteiger partial charge in [0, 0.05) is 5.41 Å². The highest BCUT2D eigenvalue weighted by molar-refractivity contribution is 5.61. The van der Waals surface area contributed by atoms with Gasteiger partial charge in [-0.2, -0.15) is 0 Å². The monoisotopic (exact) mass is 195 g/mol. The van der Waals surface area contributed by atoms with Crippen LogP contribution in [-0.2, 0) is 0 Å². The Morgan fingerprint density at radius 1 is 1.23 bits per heavy atom. The minimum atomic E-state index is -1.33. The molecule has 0 aromatic rings. The zero-order chi connectivity index (χ0) is 10.9. The molecule has 0 rings (SSSR count). The first-order valence-electron chi connectivity index (χ1n) is 3.79. The minimum absolute atomic E-state index is 0.156. The van der Waals surface area contributed by atoms with Crippen LogP contribution in [0.5, 0.6) is 0 Å². The van der Waals surface area contributed by atoms with Gasteiger partial charge in [-0.1, -0.05) is 6.92 Å². The Bertz CT molecular complexity index is 113. The molecule has 13 heavy (non-hydrogen) atoms. The van der Waals surface area contributed by atoms with Gasteiger partial charge in [-0.05, 0) is 6.42 Å². The molecule has 0 spiro atoms. The summed E-state index contributed by atoms with van der Waals surface area (Å²) in [5.74, 6) is 0. The standard InChI is InChI=1S/C6H14O3.CH3NO2/c1-2-6(3-7,4-8)5-9;2-1(3)4/h7-9H,2-5H2,1H3;2H2,(H,3,4). The van der Waals surface area contributed by atoms with Crippen molar-refractivity contribution in [2.45, 2.75) is 13.3 Å². The predicted octanol–water partition coefficient (Wildman–Crippen LogP) is -1.02. The van der Waals surface area contributed by atoms with E-state index in [1.165, 1.54) is 0 Å². The van der Waals surface area contributed by atoms with Gasteiger partial charge in [0.1, 0.15) is 0 Å². The third kappa shape index (κ3) is 7.51. The van der Waals surface area contributed by atoms with E-state index >= 15 is 0 Å². The lowest BCUT2D eigenvalue weighted by Crippen LogP contribution is -2.32. The molecule has 0 aromatic carbocycles. The zero-order valence-electron chi connectivity index (χ0n) is 7.60. The minimum Gasteiger partial charge on any atom is -0.465 e. The van der Waals surface area contributed by atoms with Crippen LogP contribution in [0.1, 0.15) is 13.3 Å². The first kappa shape index (κ1) is 14.7. The van der Waals surface area contributed by atoms with Crippen molar-refractivity contribution in [1.82, 2.24) is 0 Å². The molecule has 0 fully saturated rings. The van der Waals surface area contributed by atoms with Crippen LogP contribution in [0, 0.1) is 5.41 Å². The predicted molar refractivity (Wildman–Crippen MR) is 46.2 cm³/mol. The van der Waals surface area contributed by atoms with Crippen molar-refractivity contribution in [3.05, 3.63) is 0 Å². The summed E-state index contributed by atoms with van der Waals surface area (Å²) in [6, 6.07) is 0. The maximum absolute atomic E-state index is 8.78. The fraction of sp³-hybridized carbons (Fsp3) is 0.857. The second kappa shape index (κ2) is 7.78. The van der Waals surface area contributed by atoms with Crippen molar-refractivity contribution in [3.8, 4) is 0 Å². The fourth-order valence-electron chi connectivity index (χ4n) is 0.485. The van der Waals surface area contributed by atoms with Crippen molar-refractivity contribution in [1.29, 1.82) is 0 Å². The van der Waals surface area contributed by atoms with Gasteiger partial charge in [0.25, 0.3) is 0 Å². The highest BCUT2D eigenvalue weighted by Gasteiger charge is 2.24. The topological polar surface area (TPSA) is 124 Å². The summed E-state index contributed by atoms with van der Waals surface area (Å²) in [7, 11) is 0. The smallest absolute Gasteiger partial charge is 0.402 e. The fourth-order valence-corrected chi connectivity index (χ4v) is 0.485. The molecular weight excluding hydrogens is 178 g/mol. The third-order valence-electron chi connectivity index (χ3n) is 1.76. The summed E-state index contributed by atoms with van der Waals surface area (Å²) in [6.45, 7) is 1.35. The van der Waals surface area contributed by atoms with E-state index in [0.29, 0.717) is 6.42 Å². The maximum Gasteiger partial charge on any atom is 0.402 e. The van der Waals surface area contributed by atoms with Crippen molar-refractivity contribution in [3.63, 3.8) is 0 Å². The number of carbonyl (C=O) groups is 1. The maximum atomic E-state index is 8.78. The van der Waals surface area contributed by atoms with Crippen LogP contribution in [0.25, 0.3) is 0 Å². The van der Waals surface area contributed by atoms with Gasteiger partial charge in [-0.15, -0.1) is 0 Å². The molecule has 6 nitrogen and oxygen atoms in total. The molecule has 80 valence electrons. The van der Waals surface area contributed by atoms with Gasteiger partial charge < -0.3 is 26.2 Å². The number of rotatable bonds is 4.